The van der Waals surface area contributed by atoms with E-state index < -0.39 is 0 Å². The molecular weight excluding hydrogens is 382 g/mol. The molecule has 0 radical (unpaired) electrons. The van der Waals surface area contributed by atoms with Crippen LogP contribution in [0.15, 0.2) is 36.4 Å². The normalized spacial score (nSPS) is 10.8. The molecule has 6 heteroatoms. The SMILES string of the molecule is CCN(CCCc1ccc(F)cc1)CCc1cc(Cl)c(N)c(Cl)c1.Cl. The molecule has 2 aromatic carbocycles. The third-order valence-electron chi connectivity index (χ3n) is 4.16. The third kappa shape index (κ3) is 7.02. The molecule has 0 aliphatic heterocycles. The summed E-state index contributed by atoms with van der Waals surface area (Å²) in [5, 5.41) is 1.02. The second-order valence-electron chi connectivity index (χ2n) is 5.89. The quantitative estimate of drug-likeness (QED) is 0.576. The van der Waals surface area contributed by atoms with Gasteiger partial charge in [0.1, 0.15) is 5.82 Å². The van der Waals surface area contributed by atoms with Crippen LogP contribution in [0.5, 0.6) is 0 Å². The highest BCUT2D eigenvalue weighted by atomic mass is 35.5. The summed E-state index contributed by atoms with van der Waals surface area (Å²) in [5.41, 5.74) is 8.47. The molecule has 0 unspecified atom stereocenters. The Morgan fingerprint density at radius 3 is 2.12 bits per heavy atom. The first-order valence-corrected chi connectivity index (χ1v) is 8.95. The maximum atomic E-state index is 12.9. The van der Waals surface area contributed by atoms with Gasteiger partial charge < -0.3 is 10.6 Å². The van der Waals surface area contributed by atoms with E-state index in [9.17, 15) is 4.39 Å². The summed E-state index contributed by atoms with van der Waals surface area (Å²) < 4.78 is 12.9. The molecule has 0 aliphatic rings. The molecule has 0 saturated heterocycles. The lowest BCUT2D eigenvalue weighted by atomic mass is 10.1. The Hall–Kier alpha value is -1.000. The van der Waals surface area contributed by atoms with Crippen molar-refractivity contribution in [2.24, 2.45) is 0 Å². The molecule has 0 heterocycles. The van der Waals surface area contributed by atoms with E-state index in [1.54, 1.807) is 0 Å². The Morgan fingerprint density at radius 1 is 0.960 bits per heavy atom. The van der Waals surface area contributed by atoms with Gasteiger partial charge in [0.25, 0.3) is 0 Å². The number of nitrogen functional groups attached to an aromatic ring is 1. The number of benzene rings is 2. The van der Waals surface area contributed by atoms with Crippen LogP contribution in [-0.4, -0.2) is 24.5 Å². The van der Waals surface area contributed by atoms with Crippen LogP contribution in [0.1, 0.15) is 24.5 Å². The monoisotopic (exact) mass is 404 g/mol. The highest BCUT2D eigenvalue weighted by Crippen LogP contribution is 2.29. The zero-order chi connectivity index (χ0) is 17.5. The number of halogens is 4. The van der Waals surface area contributed by atoms with Gasteiger partial charge >= 0.3 is 0 Å². The standard InChI is InChI=1S/C19H23Cl2FN2.ClH/c1-2-24(10-3-4-14-5-7-16(22)8-6-14)11-9-15-12-17(20)19(23)18(21)13-15;/h5-8,12-13H,2-4,9-11,23H2,1H3;1H. The summed E-state index contributed by atoms with van der Waals surface area (Å²) >= 11 is 12.2. The molecule has 2 nitrogen and oxygen atoms in total. The molecule has 2 N–H and O–H groups in total. The Labute approximate surface area is 165 Å². The van der Waals surface area contributed by atoms with Crippen molar-refractivity contribution in [3.63, 3.8) is 0 Å². The lowest BCUT2D eigenvalue weighted by Gasteiger charge is -2.20. The van der Waals surface area contributed by atoms with Gasteiger partial charge in [-0.1, -0.05) is 42.3 Å². The number of nitrogens with two attached hydrogens (primary N) is 1. The van der Waals surface area contributed by atoms with E-state index in [0.717, 1.165) is 44.5 Å². The van der Waals surface area contributed by atoms with Crippen LogP contribution < -0.4 is 5.73 Å². The van der Waals surface area contributed by atoms with Gasteiger partial charge in [0.15, 0.2) is 0 Å². The summed E-state index contributed by atoms with van der Waals surface area (Å²) in [6, 6.07) is 10.5. The Balaban J connectivity index is 0.00000312. The van der Waals surface area contributed by atoms with Crippen molar-refractivity contribution in [2.75, 3.05) is 25.4 Å². The van der Waals surface area contributed by atoms with Crippen molar-refractivity contribution in [3.8, 4) is 0 Å². The molecule has 0 aromatic heterocycles. The van der Waals surface area contributed by atoms with Crippen LogP contribution in [0, 0.1) is 5.82 Å². The molecule has 0 aliphatic carbocycles. The largest absolute Gasteiger partial charge is 0.396 e. The number of hydrogen-bond donors (Lipinski definition) is 1. The number of likely N-dealkylation sites (N-methyl/N-ethyl adjacent to an activating group) is 1. The van der Waals surface area contributed by atoms with Crippen LogP contribution in [-0.2, 0) is 12.8 Å². The van der Waals surface area contributed by atoms with Crippen LogP contribution in [0.3, 0.4) is 0 Å². The molecule has 0 bridgehead atoms. The van der Waals surface area contributed by atoms with Crippen molar-refractivity contribution in [1.29, 1.82) is 0 Å². The second-order valence-corrected chi connectivity index (χ2v) is 6.70. The zero-order valence-corrected chi connectivity index (χ0v) is 16.6. The second kappa shape index (κ2) is 10.9. The van der Waals surface area contributed by atoms with E-state index in [1.165, 1.54) is 17.7 Å². The lowest BCUT2D eigenvalue weighted by molar-refractivity contribution is 0.288. The van der Waals surface area contributed by atoms with Crippen molar-refractivity contribution < 1.29 is 4.39 Å². The van der Waals surface area contributed by atoms with Gasteiger partial charge in [-0.25, -0.2) is 4.39 Å². The predicted octanol–water partition coefficient (Wildman–Crippen LogP) is 5.63. The fraction of sp³-hybridized carbons (Fsp3) is 0.368. The Kier molecular flexibility index (Phi) is 9.58. The Morgan fingerprint density at radius 2 is 1.56 bits per heavy atom. The van der Waals surface area contributed by atoms with Gasteiger partial charge in [0.05, 0.1) is 15.7 Å². The fourth-order valence-electron chi connectivity index (χ4n) is 2.65. The molecule has 0 fully saturated rings. The lowest BCUT2D eigenvalue weighted by Crippen LogP contribution is -2.27. The highest BCUT2D eigenvalue weighted by Gasteiger charge is 2.07. The molecule has 0 saturated carbocycles. The first-order valence-electron chi connectivity index (χ1n) is 8.19. The molecule has 0 spiro atoms. The first-order chi connectivity index (χ1) is 11.5. The van der Waals surface area contributed by atoms with E-state index in [2.05, 4.69) is 11.8 Å². The average Bonchev–Trinajstić information content (AvgIpc) is 2.57. The summed E-state index contributed by atoms with van der Waals surface area (Å²) in [4.78, 5) is 2.39. The summed E-state index contributed by atoms with van der Waals surface area (Å²) in [6.45, 7) is 5.08. The smallest absolute Gasteiger partial charge is 0.123 e. The van der Waals surface area contributed by atoms with Gasteiger partial charge in [0, 0.05) is 6.54 Å². The Bertz CT molecular complexity index is 639. The van der Waals surface area contributed by atoms with Crippen LogP contribution in [0.4, 0.5) is 10.1 Å². The van der Waals surface area contributed by atoms with Crippen molar-refractivity contribution in [2.45, 2.75) is 26.2 Å². The van der Waals surface area contributed by atoms with E-state index in [1.807, 2.05) is 24.3 Å². The van der Waals surface area contributed by atoms with Crippen LogP contribution >= 0.6 is 35.6 Å². The fourth-order valence-corrected chi connectivity index (χ4v) is 3.19. The number of hydrogen-bond acceptors (Lipinski definition) is 2. The maximum absolute atomic E-state index is 12.9. The van der Waals surface area contributed by atoms with E-state index in [-0.39, 0.29) is 18.2 Å². The summed E-state index contributed by atoms with van der Waals surface area (Å²) in [6.07, 6.45) is 2.88. The van der Waals surface area contributed by atoms with Crippen LogP contribution in [0.2, 0.25) is 10.0 Å². The van der Waals surface area contributed by atoms with Crippen LogP contribution in [0.25, 0.3) is 0 Å². The summed E-state index contributed by atoms with van der Waals surface area (Å²) in [5.74, 6) is -0.185. The molecule has 0 amide bonds. The minimum Gasteiger partial charge on any atom is -0.396 e. The predicted molar refractivity (Wildman–Crippen MR) is 109 cm³/mol. The van der Waals surface area contributed by atoms with Gasteiger partial charge in [-0.2, -0.15) is 0 Å². The number of rotatable bonds is 8. The van der Waals surface area contributed by atoms with Gasteiger partial charge in [0.2, 0.25) is 0 Å². The first kappa shape index (κ1) is 22.0. The van der Waals surface area contributed by atoms with E-state index >= 15 is 0 Å². The van der Waals surface area contributed by atoms with E-state index in [0.29, 0.717) is 15.7 Å². The third-order valence-corrected chi connectivity index (χ3v) is 4.78. The van der Waals surface area contributed by atoms with Gasteiger partial charge in [-0.3, -0.25) is 0 Å². The average molecular weight is 406 g/mol. The topological polar surface area (TPSA) is 29.3 Å². The number of nitrogens with zero attached hydrogens (tertiary/aromatic N) is 1. The molecule has 0 atom stereocenters. The molecular formula is C19H24Cl3FN2. The molecule has 2 aromatic rings. The number of anilines is 1. The molecule has 2 rings (SSSR count). The van der Waals surface area contributed by atoms with Gasteiger partial charge in [-0.05, 0) is 67.7 Å². The highest BCUT2D eigenvalue weighted by molar-refractivity contribution is 6.38. The molecule has 138 valence electrons. The molecule has 25 heavy (non-hydrogen) atoms. The minimum absolute atomic E-state index is 0. The zero-order valence-electron chi connectivity index (χ0n) is 14.3. The summed E-state index contributed by atoms with van der Waals surface area (Å²) in [7, 11) is 0. The van der Waals surface area contributed by atoms with Crippen molar-refractivity contribution in [3.05, 3.63) is 63.4 Å². The van der Waals surface area contributed by atoms with Gasteiger partial charge in [-0.15, -0.1) is 12.4 Å². The van der Waals surface area contributed by atoms with Crippen molar-refractivity contribution in [1.82, 2.24) is 4.90 Å². The maximum Gasteiger partial charge on any atom is 0.123 e. The number of aryl methyl sites for hydroxylation is 1. The van der Waals surface area contributed by atoms with Crippen molar-refractivity contribution >= 4 is 41.3 Å². The minimum atomic E-state index is -0.185. The van der Waals surface area contributed by atoms with E-state index in [4.69, 9.17) is 28.9 Å².